The van der Waals surface area contributed by atoms with Crippen LogP contribution in [0.15, 0.2) is 24.3 Å². The third-order valence-corrected chi connectivity index (χ3v) is 18.3. The van der Waals surface area contributed by atoms with Gasteiger partial charge in [0.1, 0.15) is 0 Å². The van der Waals surface area contributed by atoms with E-state index < -0.39 is 12.1 Å². The summed E-state index contributed by atoms with van der Waals surface area (Å²) >= 11 is 0. The zero-order valence-electron chi connectivity index (χ0n) is 57.2. The van der Waals surface area contributed by atoms with Crippen LogP contribution in [0.5, 0.6) is 0 Å². The molecule has 0 rings (SSSR count). The first-order valence-electron chi connectivity index (χ1n) is 38.6. The number of ether oxygens (including phenoxy) is 1. The van der Waals surface area contributed by atoms with Gasteiger partial charge in [0.2, 0.25) is 5.91 Å². The van der Waals surface area contributed by atoms with E-state index in [1.807, 2.05) is 0 Å². The fraction of sp³-hybridized carbons (Fsp3) is 0.923. The molecular weight excluding hydrogens is 1030 g/mol. The predicted octanol–water partition coefficient (Wildman–Crippen LogP) is 25.3. The van der Waals surface area contributed by atoms with Crippen LogP contribution in [0.1, 0.15) is 438 Å². The van der Waals surface area contributed by atoms with Crippen LogP contribution in [0.2, 0.25) is 0 Å². The Bertz CT molecular complexity index is 1320. The van der Waals surface area contributed by atoms with Crippen LogP contribution in [0.3, 0.4) is 0 Å². The maximum atomic E-state index is 12.6. The van der Waals surface area contributed by atoms with Gasteiger partial charge in [-0.05, 0) is 57.8 Å². The SMILES string of the molecule is CCCCCC/C=C\C/C=C\CCCCCCCC(=O)OCCCCCCCCCCCCCCCCCCCCCCCCCCCCCCC(=O)NC(CO)C(O)CCCCCCCCCCCCCCCCCCCCCCCCC. The highest BCUT2D eigenvalue weighted by Gasteiger charge is 2.20. The summed E-state index contributed by atoms with van der Waals surface area (Å²) in [7, 11) is 0. The maximum absolute atomic E-state index is 12.6. The van der Waals surface area contributed by atoms with E-state index in [4.69, 9.17) is 4.74 Å². The highest BCUT2D eigenvalue weighted by Crippen LogP contribution is 2.20. The van der Waals surface area contributed by atoms with Crippen molar-refractivity contribution < 1.29 is 24.5 Å². The van der Waals surface area contributed by atoms with E-state index in [2.05, 4.69) is 43.5 Å². The van der Waals surface area contributed by atoms with E-state index >= 15 is 0 Å². The summed E-state index contributed by atoms with van der Waals surface area (Å²) in [5.74, 6) is -0.0201. The molecule has 0 aromatic rings. The minimum atomic E-state index is -0.663. The van der Waals surface area contributed by atoms with Crippen molar-refractivity contribution in [2.24, 2.45) is 0 Å². The van der Waals surface area contributed by atoms with Crippen molar-refractivity contribution in [2.45, 2.75) is 450 Å². The fourth-order valence-corrected chi connectivity index (χ4v) is 12.4. The lowest BCUT2D eigenvalue weighted by molar-refractivity contribution is -0.143. The minimum Gasteiger partial charge on any atom is -0.466 e. The van der Waals surface area contributed by atoms with Crippen LogP contribution in [0.25, 0.3) is 0 Å². The Balaban J connectivity index is 3.35. The Morgan fingerprint density at radius 2 is 0.595 bits per heavy atom. The van der Waals surface area contributed by atoms with Gasteiger partial charge in [-0.15, -0.1) is 0 Å². The molecule has 498 valence electrons. The molecule has 0 saturated heterocycles. The van der Waals surface area contributed by atoms with E-state index in [-0.39, 0.29) is 18.5 Å². The topological polar surface area (TPSA) is 95.9 Å². The molecule has 0 radical (unpaired) electrons. The zero-order chi connectivity index (χ0) is 60.6. The highest BCUT2D eigenvalue weighted by atomic mass is 16.5. The first kappa shape index (κ1) is 82.3. The Morgan fingerprint density at radius 3 is 0.917 bits per heavy atom. The molecule has 0 aliphatic rings. The van der Waals surface area contributed by atoms with Crippen LogP contribution in [-0.4, -0.2) is 47.4 Å². The van der Waals surface area contributed by atoms with Gasteiger partial charge in [0.15, 0.2) is 0 Å². The average molecular weight is 1180 g/mol. The second kappa shape index (κ2) is 73.8. The van der Waals surface area contributed by atoms with Crippen LogP contribution in [0.4, 0.5) is 0 Å². The monoisotopic (exact) mass is 1180 g/mol. The fourth-order valence-electron chi connectivity index (χ4n) is 12.4. The molecule has 84 heavy (non-hydrogen) atoms. The number of esters is 1. The largest absolute Gasteiger partial charge is 0.466 e. The number of carbonyl (C=O) groups is 2. The number of amides is 1. The second-order valence-corrected chi connectivity index (χ2v) is 26.7. The lowest BCUT2D eigenvalue weighted by Crippen LogP contribution is -2.45. The van der Waals surface area contributed by atoms with E-state index in [0.29, 0.717) is 25.9 Å². The first-order valence-corrected chi connectivity index (χ1v) is 38.6. The van der Waals surface area contributed by atoms with Gasteiger partial charge in [-0.3, -0.25) is 9.59 Å². The number of rotatable bonds is 73. The highest BCUT2D eigenvalue weighted by molar-refractivity contribution is 5.76. The molecule has 0 aliphatic heterocycles. The summed E-state index contributed by atoms with van der Waals surface area (Å²) in [5.41, 5.74) is 0. The molecule has 6 nitrogen and oxygen atoms in total. The molecule has 1 amide bonds. The molecular formula is C78H151NO5. The summed E-state index contributed by atoms with van der Waals surface area (Å²) in [4.78, 5) is 24.7. The smallest absolute Gasteiger partial charge is 0.305 e. The minimum absolute atomic E-state index is 0.00636. The van der Waals surface area contributed by atoms with Crippen molar-refractivity contribution in [3.8, 4) is 0 Å². The van der Waals surface area contributed by atoms with Crippen molar-refractivity contribution >= 4 is 11.9 Å². The van der Waals surface area contributed by atoms with Crippen LogP contribution in [-0.2, 0) is 14.3 Å². The summed E-state index contributed by atoms with van der Waals surface area (Å²) in [6, 6.07) is -0.540. The number of allylic oxidation sites excluding steroid dienone is 4. The molecule has 2 atom stereocenters. The third-order valence-electron chi connectivity index (χ3n) is 18.3. The standard InChI is InChI=1S/C78H151NO5/c1-3-5-7-9-11-13-15-17-19-21-22-23-30-33-36-39-42-46-50-54-58-62-66-70-76(81)75(74-80)79-77(82)71-67-63-59-55-51-47-43-40-37-34-31-28-26-24-25-27-29-32-35-38-41-45-49-53-57-61-65-69-73-84-78(83)72-68-64-60-56-52-48-44-20-18-16-14-12-10-8-6-4-2/h14,16,20,44,75-76,80-81H,3-13,15,17-19,21-43,45-74H2,1-2H3,(H,79,82)/b16-14-,44-20-. The molecule has 0 heterocycles. The zero-order valence-corrected chi connectivity index (χ0v) is 57.2. The summed E-state index contributed by atoms with van der Waals surface area (Å²) in [6.07, 6.45) is 94.0. The van der Waals surface area contributed by atoms with Crippen molar-refractivity contribution in [3.05, 3.63) is 24.3 Å². The molecule has 0 spiro atoms. The number of aliphatic hydroxyl groups excluding tert-OH is 2. The van der Waals surface area contributed by atoms with Crippen molar-refractivity contribution in [1.29, 1.82) is 0 Å². The molecule has 0 aliphatic carbocycles. The van der Waals surface area contributed by atoms with Crippen LogP contribution in [0, 0.1) is 0 Å². The van der Waals surface area contributed by atoms with Gasteiger partial charge in [-0.1, -0.05) is 391 Å². The van der Waals surface area contributed by atoms with Gasteiger partial charge >= 0.3 is 5.97 Å². The van der Waals surface area contributed by atoms with Gasteiger partial charge in [0.05, 0.1) is 25.4 Å². The number of nitrogens with one attached hydrogen (secondary N) is 1. The number of hydrogen-bond acceptors (Lipinski definition) is 5. The van der Waals surface area contributed by atoms with Crippen molar-refractivity contribution in [2.75, 3.05) is 13.2 Å². The molecule has 2 unspecified atom stereocenters. The first-order chi connectivity index (χ1) is 41.5. The predicted molar refractivity (Wildman–Crippen MR) is 370 cm³/mol. The summed E-state index contributed by atoms with van der Waals surface area (Å²) < 4.78 is 5.50. The second-order valence-electron chi connectivity index (χ2n) is 26.7. The number of unbranched alkanes of at least 4 members (excludes halogenated alkanes) is 58. The summed E-state index contributed by atoms with van der Waals surface area (Å²) in [6.45, 7) is 4.98. The van der Waals surface area contributed by atoms with Gasteiger partial charge in [-0.25, -0.2) is 0 Å². The normalized spacial score (nSPS) is 12.6. The van der Waals surface area contributed by atoms with Gasteiger partial charge in [0.25, 0.3) is 0 Å². The molecule has 0 aromatic carbocycles. The molecule has 0 aromatic heterocycles. The Kier molecular flexibility index (Phi) is 72.3. The van der Waals surface area contributed by atoms with Crippen molar-refractivity contribution in [1.82, 2.24) is 5.32 Å². The van der Waals surface area contributed by atoms with Gasteiger partial charge in [-0.2, -0.15) is 0 Å². The van der Waals surface area contributed by atoms with E-state index in [0.717, 1.165) is 51.4 Å². The van der Waals surface area contributed by atoms with Gasteiger partial charge < -0.3 is 20.3 Å². The Hall–Kier alpha value is -1.66. The van der Waals surface area contributed by atoms with Gasteiger partial charge in [0, 0.05) is 12.8 Å². The van der Waals surface area contributed by atoms with Crippen LogP contribution >= 0.6 is 0 Å². The third kappa shape index (κ3) is 69.4. The van der Waals surface area contributed by atoms with E-state index in [1.54, 1.807) is 0 Å². The molecule has 3 N–H and O–H groups in total. The quantitative estimate of drug-likeness (QED) is 0.0320. The molecule has 0 bridgehead atoms. The lowest BCUT2D eigenvalue weighted by atomic mass is 10.0. The molecule has 6 heteroatoms. The Labute approximate surface area is 526 Å². The maximum Gasteiger partial charge on any atom is 0.305 e. The molecule has 0 saturated carbocycles. The summed E-state index contributed by atoms with van der Waals surface area (Å²) in [5, 5.41) is 23.5. The average Bonchev–Trinajstić information content (AvgIpc) is 3.53. The lowest BCUT2D eigenvalue weighted by Gasteiger charge is -2.22. The number of aliphatic hydroxyl groups is 2. The Morgan fingerprint density at radius 1 is 0.333 bits per heavy atom. The molecule has 0 fully saturated rings. The van der Waals surface area contributed by atoms with E-state index in [9.17, 15) is 19.8 Å². The van der Waals surface area contributed by atoms with Crippen LogP contribution < -0.4 is 5.32 Å². The van der Waals surface area contributed by atoms with Crippen molar-refractivity contribution in [3.63, 3.8) is 0 Å². The number of carbonyl (C=O) groups excluding carboxylic acids is 2. The van der Waals surface area contributed by atoms with E-state index in [1.165, 1.54) is 353 Å². The number of hydrogen-bond donors (Lipinski definition) is 3.